The Morgan fingerprint density at radius 2 is 0.896 bits per heavy atom. The number of hydrogen-bond acceptors (Lipinski definition) is 12. The molecular weight excluding hydrogens is 620 g/mol. The van der Waals surface area contributed by atoms with Crippen molar-refractivity contribution in [2.45, 2.75) is 80.3 Å². The minimum atomic E-state index is -1.24. The maximum absolute atomic E-state index is 13.0. The van der Waals surface area contributed by atoms with Gasteiger partial charge in [-0.05, 0) is 105 Å². The van der Waals surface area contributed by atoms with Crippen LogP contribution >= 0.6 is 0 Å². The second-order valence-corrected chi connectivity index (χ2v) is 12.0. The number of nitrogens with zero attached hydrogens (tertiary/aromatic N) is 2. The van der Waals surface area contributed by atoms with Gasteiger partial charge in [0.2, 0.25) is 0 Å². The van der Waals surface area contributed by atoms with Crippen LogP contribution < -0.4 is 19.3 Å². The van der Waals surface area contributed by atoms with Crippen molar-refractivity contribution in [1.29, 1.82) is 0 Å². The predicted octanol–water partition coefficient (Wildman–Crippen LogP) is 5.18. The predicted molar refractivity (Wildman–Crippen MR) is 183 cm³/mol. The van der Waals surface area contributed by atoms with Crippen LogP contribution in [0, 0.1) is 13.8 Å². The third kappa shape index (κ3) is 10.5. The van der Waals surface area contributed by atoms with Gasteiger partial charge < -0.3 is 38.2 Å². The van der Waals surface area contributed by atoms with E-state index < -0.39 is 35.0 Å². The van der Waals surface area contributed by atoms with Crippen LogP contribution in [0.3, 0.4) is 0 Å². The molecule has 0 aromatic heterocycles. The fraction of sp³-hybridized carbons (Fsp3) is 0.556. The van der Waals surface area contributed by atoms with Crippen molar-refractivity contribution in [2.24, 2.45) is 0 Å². The summed E-state index contributed by atoms with van der Waals surface area (Å²) in [5.41, 5.74) is 0.321. The summed E-state index contributed by atoms with van der Waals surface area (Å²) in [6, 6.07) is 10.9. The number of rotatable bonds is 19. The van der Waals surface area contributed by atoms with E-state index in [0.29, 0.717) is 22.9 Å². The minimum Gasteiger partial charge on any atom is -0.488 e. The molecule has 48 heavy (non-hydrogen) atoms. The molecule has 0 fully saturated rings. The highest BCUT2D eigenvalue weighted by Crippen LogP contribution is 2.37. The molecule has 0 radical (unpaired) electrons. The summed E-state index contributed by atoms with van der Waals surface area (Å²) in [5.74, 6) is -1.16. The molecule has 2 aromatic rings. The normalized spacial score (nSPS) is 11.3. The van der Waals surface area contributed by atoms with Gasteiger partial charge in [0.25, 0.3) is 0 Å². The SMILES string of the molecule is CCOC(=O)CN(c1ccc(C)cc1OCCOc1cc(C)ccc1N(CC(=O)OCC)C(C)(C)C(=O)OCC)C(C)(C)C(=O)OCC. The molecule has 2 aromatic carbocycles. The van der Waals surface area contributed by atoms with Crippen molar-refractivity contribution < 1.29 is 47.6 Å². The summed E-state index contributed by atoms with van der Waals surface area (Å²) in [7, 11) is 0. The molecule has 0 bridgehead atoms. The molecule has 2 rings (SSSR count). The molecule has 0 saturated heterocycles. The Hall–Kier alpha value is -4.48. The number of ether oxygens (including phenoxy) is 6. The molecular formula is C36H52N2O10. The number of carbonyl (C=O) groups excluding carboxylic acids is 4. The van der Waals surface area contributed by atoms with Crippen molar-refractivity contribution >= 4 is 35.3 Å². The third-order valence-corrected chi connectivity index (χ3v) is 7.50. The van der Waals surface area contributed by atoms with Crippen molar-refractivity contribution in [2.75, 3.05) is 62.5 Å². The molecule has 0 saturated carbocycles. The van der Waals surface area contributed by atoms with Gasteiger partial charge >= 0.3 is 23.9 Å². The van der Waals surface area contributed by atoms with Gasteiger partial charge in [-0.15, -0.1) is 0 Å². The van der Waals surface area contributed by atoms with E-state index in [1.165, 1.54) is 0 Å². The minimum absolute atomic E-state index is 0.0794. The summed E-state index contributed by atoms with van der Waals surface area (Å²) in [5, 5.41) is 0. The van der Waals surface area contributed by atoms with E-state index in [-0.39, 0.29) is 52.7 Å². The lowest BCUT2D eigenvalue weighted by Crippen LogP contribution is -2.53. The van der Waals surface area contributed by atoms with Gasteiger partial charge in [-0.1, -0.05) is 12.1 Å². The zero-order valence-electron chi connectivity index (χ0n) is 30.1. The van der Waals surface area contributed by atoms with Gasteiger partial charge in [-0.3, -0.25) is 9.59 Å². The monoisotopic (exact) mass is 672 g/mol. The summed E-state index contributed by atoms with van der Waals surface area (Å²) in [6.07, 6.45) is 0. The third-order valence-electron chi connectivity index (χ3n) is 7.50. The number of aryl methyl sites for hydroxylation is 2. The summed E-state index contributed by atoms with van der Waals surface area (Å²) in [6.45, 7) is 17.9. The second-order valence-electron chi connectivity index (χ2n) is 12.0. The van der Waals surface area contributed by atoms with Gasteiger partial charge in [0, 0.05) is 0 Å². The Bertz CT molecular complexity index is 1300. The lowest BCUT2D eigenvalue weighted by Gasteiger charge is -2.38. The van der Waals surface area contributed by atoms with Crippen molar-refractivity contribution in [3.05, 3.63) is 47.5 Å². The van der Waals surface area contributed by atoms with Gasteiger partial charge in [0.05, 0.1) is 37.8 Å². The molecule has 0 aliphatic heterocycles. The first-order valence-electron chi connectivity index (χ1n) is 16.3. The van der Waals surface area contributed by atoms with E-state index in [2.05, 4.69) is 0 Å². The molecule has 266 valence electrons. The van der Waals surface area contributed by atoms with E-state index in [9.17, 15) is 19.2 Å². The zero-order valence-corrected chi connectivity index (χ0v) is 30.1. The Labute approximate surface area is 284 Å². The fourth-order valence-corrected chi connectivity index (χ4v) is 4.90. The van der Waals surface area contributed by atoms with E-state index in [1.54, 1.807) is 77.3 Å². The van der Waals surface area contributed by atoms with Crippen molar-refractivity contribution in [1.82, 2.24) is 0 Å². The highest BCUT2D eigenvalue weighted by atomic mass is 16.6. The zero-order chi connectivity index (χ0) is 36.1. The first-order valence-corrected chi connectivity index (χ1v) is 16.3. The van der Waals surface area contributed by atoms with Gasteiger partial charge in [0.15, 0.2) is 0 Å². The van der Waals surface area contributed by atoms with E-state index >= 15 is 0 Å². The van der Waals surface area contributed by atoms with Gasteiger partial charge in [-0.25, -0.2) is 9.59 Å². The second kappa shape index (κ2) is 18.2. The lowest BCUT2D eigenvalue weighted by atomic mass is 10.0. The van der Waals surface area contributed by atoms with Crippen LogP contribution in [0.5, 0.6) is 11.5 Å². The number of esters is 4. The molecule has 0 spiro atoms. The summed E-state index contributed by atoms with van der Waals surface area (Å²) < 4.78 is 33.6. The first-order chi connectivity index (χ1) is 22.6. The van der Waals surface area contributed by atoms with Gasteiger partial charge in [-0.2, -0.15) is 0 Å². The van der Waals surface area contributed by atoms with Crippen LogP contribution in [0.15, 0.2) is 36.4 Å². The summed E-state index contributed by atoms with van der Waals surface area (Å²) >= 11 is 0. The van der Waals surface area contributed by atoms with Crippen LogP contribution in [0.1, 0.15) is 66.5 Å². The standard InChI is InChI=1S/C36H52N2O10/c1-11-43-31(39)23-37(35(7,8)33(41)45-13-3)27-17-15-25(5)21-29(27)47-19-20-48-30-22-26(6)16-18-28(30)38(24-32(40)44-12-2)36(9,10)34(42)46-14-4/h15-18,21-22H,11-14,19-20,23-24H2,1-10H3. The molecule has 0 aliphatic rings. The van der Waals surface area contributed by atoms with Crippen LogP contribution in [0.25, 0.3) is 0 Å². The Balaban J connectivity index is 2.42. The number of benzene rings is 2. The van der Waals surface area contributed by atoms with Crippen molar-refractivity contribution in [3.8, 4) is 11.5 Å². The van der Waals surface area contributed by atoms with Crippen LogP contribution in [0.4, 0.5) is 11.4 Å². The summed E-state index contributed by atoms with van der Waals surface area (Å²) in [4.78, 5) is 54.7. The quantitative estimate of drug-likeness (QED) is 0.111. The highest BCUT2D eigenvalue weighted by Gasteiger charge is 2.40. The Morgan fingerprint density at radius 3 is 1.21 bits per heavy atom. The number of anilines is 2. The maximum atomic E-state index is 13.0. The lowest BCUT2D eigenvalue weighted by molar-refractivity contribution is -0.150. The van der Waals surface area contributed by atoms with E-state index in [4.69, 9.17) is 28.4 Å². The Kier molecular flexibility index (Phi) is 15.0. The fourth-order valence-electron chi connectivity index (χ4n) is 4.90. The molecule has 0 unspecified atom stereocenters. The van der Waals surface area contributed by atoms with Crippen LogP contribution in [-0.2, 0) is 38.1 Å². The molecule has 0 N–H and O–H groups in total. The smallest absolute Gasteiger partial charge is 0.331 e. The van der Waals surface area contributed by atoms with E-state index in [1.807, 2.05) is 38.1 Å². The highest BCUT2D eigenvalue weighted by molar-refractivity contribution is 5.89. The molecule has 0 atom stereocenters. The van der Waals surface area contributed by atoms with Crippen molar-refractivity contribution in [3.63, 3.8) is 0 Å². The molecule has 0 aliphatic carbocycles. The largest absolute Gasteiger partial charge is 0.488 e. The number of carbonyl (C=O) groups is 4. The van der Waals surface area contributed by atoms with Gasteiger partial charge in [0.1, 0.15) is 48.9 Å². The Morgan fingerprint density at radius 1 is 0.562 bits per heavy atom. The average molecular weight is 673 g/mol. The van der Waals surface area contributed by atoms with Crippen LogP contribution in [0.2, 0.25) is 0 Å². The maximum Gasteiger partial charge on any atom is 0.331 e. The topological polar surface area (TPSA) is 130 Å². The average Bonchev–Trinajstić information content (AvgIpc) is 3.02. The molecule has 0 heterocycles. The molecule has 0 amide bonds. The molecule has 12 heteroatoms. The first kappa shape index (κ1) is 39.7. The van der Waals surface area contributed by atoms with E-state index in [0.717, 1.165) is 11.1 Å². The van der Waals surface area contributed by atoms with Crippen LogP contribution in [-0.4, -0.2) is 87.7 Å². The number of hydrogen-bond donors (Lipinski definition) is 0. The molecule has 12 nitrogen and oxygen atoms in total.